The van der Waals surface area contributed by atoms with Crippen LogP contribution < -0.4 is 10.1 Å². The van der Waals surface area contributed by atoms with E-state index in [2.05, 4.69) is 27.7 Å². The summed E-state index contributed by atoms with van der Waals surface area (Å²) in [5, 5.41) is 6.18. The molecule has 1 aliphatic rings. The number of thiophene rings is 1. The first kappa shape index (κ1) is 18.2. The van der Waals surface area contributed by atoms with E-state index in [1.54, 1.807) is 11.3 Å². The molecule has 0 radical (unpaired) electrons. The van der Waals surface area contributed by atoms with Crippen molar-refractivity contribution in [1.82, 2.24) is 4.90 Å². The number of ether oxygens (including phenoxy) is 2. The van der Waals surface area contributed by atoms with E-state index in [9.17, 15) is 0 Å². The van der Waals surface area contributed by atoms with Crippen molar-refractivity contribution in [2.45, 2.75) is 32.4 Å². The van der Waals surface area contributed by atoms with Crippen LogP contribution in [0.5, 0.6) is 5.75 Å². The molecule has 2 heterocycles. The molecule has 0 aliphatic carbocycles. The van der Waals surface area contributed by atoms with Crippen molar-refractivity contribution in [2.75, 3.05) is 25.1 Å². The maximum absolute atomic E-state index is 5.80. The number of thiocarbonyl (C=S) groups is 1. The number of nitrogens with zero attached hydrogens (tertiary/aromatic N) is 1. The van der Waals surface area contributed by atoms with E-state index in [1.807, 2.05) is 31.2 Å². The zero-order valence-corrected chi connectivity index (χ0v) is 16.1. The molecule has 1 aliphatic heterocycles. The van der Waals surface area contributed by atoms with Crippen molar-refractivity contribution in [2.24, 2.45) is 0 Å². The fourth-order valence-electron chi connectivity index (χ4n) is 2.85. The van der Waals surface area contributed by atoms with Gasteiger partial charge in [0, 0.05) is 23.7 Å². The standard InChI is InChI=1S/C19H24N2O2S2/c1-2-22-16-9-7-15(8-10-16)20-19(24)21(13-17-5-3-11-23-17)14-18-6-4-12-25-18/h4,6-10,12,17H,2-3,5,11,13-14H2,1H3,(H,20,24)/t17-/m1/s1. The van der Waals surface area contributed by atoms with E-state index in [0.717, 1.165) is 49.1 Å². The van der Waals surface area contributed by atoms with Crippen molar-refractivity contribution < 1.29 is 9.47 Å². The molecule has 0 amide bonds. The van der Waals surface area contributed by atoms with Gasteiger partial charge in [0.05, 0.1) is 19.3 Å². The van der Waals surface area contributed by atoms with Crippen molar-refractivity contribution in [3.8, 4) is 5.75 Å². The minimum absolute atomic E-state index is 0.264. The highest BCUT2D eigenvalue weighted by atomic mass is 32.1. The largest absolute Gasteiger partial charge is 0.494 e. The monoisotopic (exact) mass is 376 g/mol. The zero-order chi connectivity index (χ0) is 17.5. The Labute approximate surface area is 158 Å². The second-order valence-electron chi connectivity index (χ2n) is 5.98. The molecule has 0 bridgehead atoms. The van der Waals surface area contributed by atoms with E-state index in [0.29, 0.717) is 6.61 Å². The average Bonchev–Trinajstić information content (AvgIpc) is 3.30. The van der Waals surface area contributed by atoms with Gasteiger partial charge in [0.2, 0.25) is 0 Å². The third-order valence-electron chi connectivity index (χ3n) is 4.08. The summed E-state index contributed by atoms with van der Waals surface area (Å²) in [4.78, 5) is 3.50. The molecule has 1 saturated heterocycles. The predicted molar refractivity (Wildman–Crippen MR) is 108 cm³/mol. The molecule has 0 unspecified atom stereocenters. The zero-order valence-electron chi connectivity index (χ0n) is 14.4. The van der Waals surface area contributed by atoms with Gasteiger partial charge in [0.25, 0.3) is 0 Å². The van der Waals surface area contributed by atoms with E-state index in [4.69, 9.17) is 21.7 Å². The van der Waals surface area contributed by atoms with E-state index >= 15 is 0 Å². The smallest absolute Gasteiger partial charge is 0.173 e. The summed E-state index contributed by atoms with van der Waals surface area (Å²) in [6, 6.07) is 12.1. The molecule has 1 atom stereocenters. The van der Waals surface area contributed by atoms with Crippen LogP contribution in [0.3, 0.4) is 0 Å². The summed E-state index contributed by atoms with van der Waals surface area (Å²) >= 11 is 7.44. The first-order chi connectivity index (χ1) is 12.2. The van der Waals surface area contributed by atoms with Gasteiger partial charge < -0.3 is 19.7 Å². The third-order valence-corrected chi connectivity index (χ3v) is 5.30. The molecule has 1 fully saturated rings. The van der Waals surface area contributed by atoms with Gasteiger partial charge in [-0.1, -0.05) is 6.07 Å². The number of hydrogen-bond donors (Lipinski definition) is 1. The fourth-order valence-corrected chi connectivity index (χ4v) is 3.82. The van der Waals surface area contributed by atoms with Gasteiger partial charge in [0.15, 0.2) is 5.11 Å². The first-order valence-corrected chi connectivity index (χ1v) is 9.96. The number of hydrogen-bond acceptors (Lipinski definition) is 4. The molecule has 1 N–H and O–H groups in total. The Morgan fingerprint density at radius 1 is 1.36 bits per heavy atom. The molecule has 6 heteroatoms. The lowest BCUT2D eigenvalue weighted by molar-refractivity contribution is 0.0907. The Bertz CT molecular complexity index is 653. The summed E-state index contributed by atoms with van der Waals surface area (Å²) in [7, 11) is 0. The molecule has 0 spiro atoms. The van der Waals surface area contributed by atoms with Gasteiger partial charge in [-0.25, -0.2) is 0 Å². The maximum Gasteiger partial charge on any atom is 0.173 e. The molecule has 134 valence electrons. The van der Waals surface area contributed by atoms with Crippen LogP contribution >= 0.6 is 23.6 Å². The summed E-state index contributed by atoms with van der Waals surface area (Å²) in [6.07, 6.45) is 2.50. The van der Waals surface area contributed by atoms with Crippen molar-refractivity contribution >= 4 is 34.4 Å². The van der Waals surface area contributed by atoms with Crippen molar-refractivity contribution in [3.05, 3.63) is 46.7 Å². The van der Waals surface area contributed by atoms with Crippen LogP contribution in [0.1, 0.15) is 24.6 Å². The molecular weight excluding hydrogens is 352 g/mol. The van der Waals surface area contributed by atoms with Crippen LogP contribution in [0.25, 0.3) is 0 Å². The Kier molecular flexibility index (Phi) is 6.67. The molecule has 4 nitrogen and oxygen atoms in total. The average molecular weight is 377 g/mol. The molecule has 1 aromatic heterocycles. The minimum atomic E-state index is 0.264. The van der Waals surface area contributed by atoms with Crippen LogP contribution in [-0.4, -0.2) is 35.9 Å². The second kappa shape index (κ2) is 9.17. The van der Waals surface area contributed by atoms with Crippen LogP contribution in [0, 0.1) is 0 Å². The van der Waals surface area contributed by atoms with Gasteiger partial charge in [-0.05, 0) is 67.7 Å². The Hall–Kier alpha value is -1.63. The summed E-state index contributed by atoms with van der Waals surface area (Å²) < 4.78 is 11.3. The van der Waals surface area contributed by atoms with Crippen molar-refractivity contribution in [3.63, 3.8) is 0 Å². The first-order valence-electron chi connectivity index (χ1n) is 8.67. The summed E-state index contributed by atoms with van der Waals surface area (Å²) in [5.74, 6) is 0.869. The van der Waals surface area contributed by atoms with E-state index in [1.165, 1.54) is 4.88 Å². The molecule has 25 heavy (non-hydrogen) atoms. The molecule has 0 saturated carbocycles. The molecular formula is C19H24N2O2S2. The van der Waals surface area contributed by atoms with Gasteiger partial charge in [-0.2, -0.15) is 0 Å². The van der Waals surface area contributed by atoms with Crippen LogP contribution in [-0.2, 0) is 11.3 Å². The van der Waals surface area contributed by atoms with Crippen LogP contribution in [0.2, 0.25) is 0 Å². The quantitative estimate of drug-likeness (QED) is 0.718. The highest BCUT2D eigenvalue weighted by Crippen LogP contribution is 2.20. The minimum Gasteiger partial charge on any atom is -0.494 e. The van der Waals surface area contributed by atoms with Crippen LogP contribution in [0.4, 0.5) is 5.69 Å². The van der Waals surface area contributed by atoms with E-state index in [-0.39, 0.29) is 6.10 Å². The Balaban J connectivity index is 1.64. The second-order valence-corrected chi connectivity index (χ2v) is 7.40. The van der Waals surface area contributed by atoms with Gasteiger partial charge >= 0.3 is 0 Å². The summed E-state index contributed by atoms with van der Waals surface area (Å²) in [5.41, 5.74) is 0.969. The Morgan fingerprint density at radius 2 is 2.20 bits per heavy atom. The predicted octanol–water partition coefficient (Wildman–Crippen LogP) is 4.52. The third kappa shape index (κ3) is 5.42. The lowest BCUT2D eigenvalue weighted by Gasteiger charge is -2.28. The van der Waals surface area contributed by atoms with Crippen molar-refractivity contribution in [1.29, 1.82) is 0 Å². The highest BCUT2D eigenvalue weighted by molar-refractivity contribution is 7.80. The molecule has 3 rings (SSSR count). The summed E-state index contributed by atoms with van der Waals surface area (Å²) in [6.45, 7) is 5.13. The fraction of sp³-hybridized carbons (Fsp3) is 0.421. The number of benzene rings is 1. The maximum atomic E-state index is 5.80. The topological polar surface area (TPSA) is 33.7 Å². The van der Waals surface area contributed by atoms with Gasteiger partial charge in [-0.15, -0.1) is 11.3 Å². The van der Waals surface area contributed by atoms with Crippen LogP contribution in [0.15, 0.2) is 41.8 Å². The normalized spacial score (nSPS) is 16.6. The van der Waals surface area contributed by atoms with E-state index < -0.39 is 0 Å². The highest BCUT2D eigenvalue weighted by Gasteiger charge is 2.21. The Morgan fingerprint density at radius 3 is 2.84 bits per heavy atom. The lowest BCUT2D eigenvalue weighted by atomic mass is 10.2. The van der Waals surface area contributed by atoms with Gasteiger partial charge in [-0.3, -0.25) is 0 Å². The number of rotatable bonds is 7. The SMILES string of the molecule is CCOc1ccc(NC(=S)N(Cc2cccs2)C[C@H]2CCCO2)cc1. The molecule has 2 aromatic rings. The number of nitrogens with one attached hydrogen (secondary N) is 1. The van der Waals surface area contributed by atoms with Gasteiger partial charge in [0.1, 0.15) is 5.75 Å². The lowest BCUT2D eigenvalue weighted by Crippen LogP contribution is -2.39. The number of anilines is 1. The molecule has 1 aromatic carbocycles.